The number of carbonyl (C=O) groups is 3. The second-order valence-corrected chi connectivity index (χ2v) is 4.95. The van der Waals surface area contributed by atoms with Gasteiger partial charge >= 0.3 is 0 Å². The number of carbonyl (C=O) groups excluding carboxylic acids is 3. The summed E-state index contributed by atoms with van der Waals surface area (Å²) in [6, 6.07) is 17.4. The van der Waals surface area contributed by atoms with Gasteiger partial charge in [0, 0.05) is 11.1 Å². The molecule has 0 aromatic heterocycles. The summed E-state index contributed by atoms with van der Waals surface area (Å²) in [4.78, 5) is 37.7. The van der Waals surface area contributed by atoms with Gasteiger partial charge in [0.15, 0.2) is 5.78 Å². The minimum Gasteiger partial charge on any atom is -0.289 e. The van der Waals surface area contributed by atoms with Crippen LogP contribution in [0.15, 0.2) is 72.3 Å². The number of hydrogen-bond donors (Lipinski definition) is 0. The third-order valence-corrected chi connectivity index (χ3v) is 3.45. The lowest BCUT2D eigenvalue weighted by atomic mass is 10.1. The normalized spacial score (nSPS) is 16.4. The van der Waals surface area contributed by atoms with Gasteiger partial charge in [0.1, 0.15) is 0 Å². The van der Waals surface area contributed by atoms with Gasteiger partial charge in [-0.3, -0.25) is 14.4 Å². The van der Waals surface area contributed by atoms with Crippen molar-refractivity contribution in [2.24, 2.45) is 0 Å². The van der Waals surface area contributed by atoms with E-state index in [1.54, 1.807) is 48.5 Å². The van der Waals surface area contributed by atoms with Crippen molar-refractivity contribution in [2.45, 2.75) is 6.42 Å². The first kappa shape index (κ1) is 13.9. The smallest absolute Gasteiger partial charge is 0.261 e. The summed E-state index contributed by atoms with van der Waals surface area (Å²) in [6.45, 7) is 0. The van der Waals surface area contributed by atoms with Crippen LogP contribution in [-0.4, -0.2) is 17.6 Å². The minimum absolute atomic E-state index is 0.0493. The Morgan fingerprint density at radius 2 is 1.50 bits per heavy atom. The molecule has 2 aromatic carbocycles. The summed E-state index contributed by atoms with van der Waals surface area (Å²) in [7, 11) is 0. The van der Waals surface area contributed by atoms with E-state index in [2.05, 4.69) is 0 Å². The van der Waals surface area contributed by atoms with Gasteiger partial charge in [-0.1, -0.05) is 48.5 Å². The van der Waals surface area contributed by atoms with E-state index in [1.165, 1.54) is 6.08 Å². The van der Waals surface area contributed by atoms with Gasteiger partial charge in [0.05, 0.1) is 12.1 Å². The van der Waals surface area contributed by atoms with Crippen LogP contribution in [0.2, 0.25) is 0 Å². The summed E-state index contributed by atoms with van der Waals surface area (Å²) >= 11 is 0. The summed E-state index contributed by atoms with van der Waals surface area (Å²) < 4.78 is 0. The molecule has 0 saturated carbocycles. The summed E-state index contributed by atoms with van der Waals surface area (Å²) in [6.07, 6.45) is 1.21. The van der Waals surface area contributed by atoms with Crippen molar-refractivity contribution in [3.63, 3.8) is 0 Å². The molecule has 1 heterocycles. The number of rotatable bonds is 3. The average molecular weight is 291 g/mol. The van der Waals surface area contributed by atoms with Gasteiger partial charge in [-0.15, -0.1) is 0 Å². The van der Waals surface area contributed by atoms with Gasteiger partial charge in [-0.25, -0.2) is 4.90 Å². The van der Waals surface area contributed by atoms with Crippen LogP contribution in [0.25, 0.3) is 0 Å². The number of nitrogens with zero attached hydrogens (tertiary/aromatic N) is 1. The Balaban J connectivity index is 1.88. The Labute approximate surface area is 127 Å². The van der Waals surface area contributed by atoms with Gasteiger partial charge in [0.25, 0.3) is 5.91 Å². The molecule has 1 aliphatic rings. The maximum absolute atomic E-state index is 12.4. The molecule has 2 amide bonds. The molecule has 3 rings (SSSR count). The van der Waals surface area contributed by atoms with E-state index < -0.39 is 5.91 Å². The Morgan fingerprint density at radius 3 is 2.14 bits per heavy atom. The Bertz CT molecular complexity index is 763. The predicted molar refractivity (Wildman–Crippen MR) is 82.4 cm³/mol. The zero-order valence-corrected chi connectivity index (χ0v) is 11.7. The van der Waals surface area contributed by atoms with E-state index in [0.717, 1.165) is 4.90 Å². The van der Waals surface area contributed by atoms with Crippen LogP contribution in [0.4, 0.5) is 5.69 Å². The van der Waals surface area contributed by atoms with Crippen molar-refractivity contribution in [1.29, 1.82) is 0 Å². The molecule has 1 aliphatic heterocycles. The molecule has 0 bridgehead atoms. The molecule has 0 spiro atoms. The lowest BCUT2D eigenvalue weighted by Crippen LogP contribution is -2.28. The molecule has 0 aliphatic carbocycles. The first-order valence-electron chi connectivity index (χ1n) is 6.89. The highest BCUT2D eigenvalue weighted by atomic mass is 16.2. The summed E-state index contributed by atoms with van der Waals surface area (Å²) in [5, 5.41) is 0. The van der Waals surface area contributed by atoms with E-state index in [4.69, 9.17) is 0 Å². The number of amides is 2. The predicted octanol–water partition coefficient (Wildman–Crippen LogP) is 2.76. The van der Waals surface area contributed by atoms with Crippen LogP contribution in [0.5, 0.6) is 0 Å². The fourth-order valence-corrected chi connectivity index (χ4v) is 2.37. The standard InChI is InChI=1S/C18H13NO3/c20-16(13-7-3-1-4-8-13)11-14-12-17(21)19(18(14)22)15-9-5-2-6-10-15/h1-11H,12H2/b14-11-. The number of para-hydroxylation sites is 1. The first-order valence-corrected chi connectivity index (χ1v) is 6.89. The second kappa shape index (κ2) is 5.77. The summed E-state index contributed by atoms with van der Waals surface area (Å²) in [5.41, 5.74) is 1.24. The van der Waals surface area contributed by atoms with E-state index in [9.17, 15) is 14.4 Å². The number of anilines is 1. The van der Waals surface area contributed by atoms with Gasteiger partial charge in [-0.2, -0.15) is 0 Å². The maximum Gasteiger partial charge on any atom is 0.261 e. The zero-order chi connectivity index (χ0) is 15.5. The lowest BCUT2D eigenvalue weighted by molar-refractivity contribution is -0.120. The van der Waals surface area contributed by atoms with Crippen LogP contribution in [0.1, 0.15) is 16.8 Å². The van der Waals surface area contributed by atoms with Crippen molar-refractivity contribution < 1.29 is 14.4 Å². The minimum atomic E-state index is -0.430. The molecule has 4 heteroatoms. The highest BCUT2D eigenvalue weighted by Crippen LogP contribution is 2.26. The van der Waals surface area contributed by atoms with Crippen molar-refractivity contribution in [3.05, 3.63) is 77.9 Å². The number of allylic oxidation sites excluding steroid dienone is 1. The van der Waals surface area contributed by atoms with E-state index >= 15 is 0 Å². The largest absolute Gasteiger partial charge is 0.289 e. The molecular formula is C18H13NO3. The van der Waals surface area contributed by atoms with Crippen molar-refractivity contribution in [3.8, 4) is 0 Å². The fraction of sp³-hybridized carbons (Fsp3) is 0.0556. The van der Waals surface area contributed by atoms with Crippen LogP contribution in [0.3, 0.4) is 0 Å². The number of ketones is 1. The Hall–Kier alpha value is -3.01. The third kappa shape index (κ3) is 2.59. The average Bonchev–Trinajstić information content (AvgIpc) is 2.83. The first-order chi connectivity index (χ1) is 10.7. The molecule has 0 atom stereocenters. The molecule has 1 fully saturated rings. The molecular weight excluding hydrogens is 278 g/mol. The number of benzene rings is 2. The second-order valence-electron chi connectivity index (χ2n) is 4.95. The highest BCUT2D eigenvalue weighted by Gasteiger charge is 2.35. The molecule has 2 aromatic rings. The quantitative estimate of drug-likeness (QED) is 0.496. The molecule has 0 radical (unpaired) electrons. The molecule has 0 unspecified atom stereocenters. The van der Waals surface area contributed by atoms with E-state index in [0.29, 0.717) is 11.3 Å². The maximum atomic E-state index is 12.4. The van der Waals surface area contributed by atoms with Gasteiger partial charge < -0.3 is 0 Å². The van der Waals surface area contributed by atoms with Gasteiger partial charge in [-0.05, 0) is 18.2 Å². The third-order valence-electron chi connectivity index (χ3n) is 3.45. The summed E-state index contributed by atoms with van der Waals surface area (Å²) in [5.74, 6) is -1.02. The van der Waals surface area contributed by atoms with Crippen molar-refractivity contribution in [1.82, 2.24) is 0 Å². The molecule has 1 saturated heterocycles. The lowest BCUT2D eigenvalue weighted by Gasteiger charge is -2.12. The Kier molecular flexibility index (Phi) is 3.66. The Morgan fingerprint density at radius 1 is 0.909 bits per heavy atom. The number of imide groups is 1. The van der Waals surface area contributed by atoms with Crippen LogP contribution >= 0.6 is 0 Å². The monoisotopic (exact) mass is 291 g/mol. The fourth-order valence-electron chi connectivity index (χ4n) is 2.37. The van der Waals surface area contributed by atoms with E-state index in [-0.39, 0.29) is 23.7 Å². The molecule has 22 heavy (non-hydrogen) atoms. The zero-order valence-electron chi connectivity index (χ0n) is 11.7. The highest BCUT2D eigenvalue weighted by molar-refractivity contribution is 6.29. The topological polar surface area (TPSA) is 54.5 Å². The van der Waals surface area contributed by atoms with Gasteiger partial charge in [0.2, 0.25) is 5.91 Å². The van der Waals surface area contributed by atoms with Crippen molar-refractivity contribution in [2.75, 3.05) is 4.90 Å². The van der Waals surface area contributed by atoms with Crippen LogP contribution in [0, 0.1) is 0 Å². The SMILES string of the molecule is O=C(/C=C1/CC(=O)N(c2ccccc2)C1=O)c1ccccc1. The molecule has 108 valence electrons. The number of hydrogen-bond acceptors (Lipinski definition) is 3. The molecule has 4 nitrogen and oxygen atoms in total. The van der Waals surface area contributed by atoms with E-state index in [1.807, 2.05) is 12.1 Å². The van der Waals surface area contributed by atoms with Crippen molar-refractivity contribution >= 4 is 23.3 Å². The van der Waals surface area contributed by atoms with Crippen LogP contribution in [-0.2, 0) is 9.59 Å². The molecule has 0 N–H and O–H groups in total. The van der Waals surface area contributed by atoms with Crippen LogP contribution < -0.4 is 4.90 Å².